The first kappa shape index (κ1) is 18.8. The van der Waals surface area contributed by atoms with Crippen LogP contribution in [0.1, 0.15) is 16.7 Å². The summed E-state index contributed by atoms with van der Waals surface area (Å²) in [5.41, 5.74) is 4.61. The van der Waals surface area contributed by atoms with E-state index in [1.54, 1.807) is 12.1 Å². The van der Waals surface area contributed by atoms with Crippen LogP contribution < -0.4 is 0 Å². The number of allylic oxidation sites excluding steroid dienone is 1. The molecule has 0 atom stereocenters. The van der Waals surface area contributed by atoms with Crippen molar-refractivity contribution in [2.75, 3.05) is 0 Å². The van der Waals surface area contributed by atoms with E-state index in [0.29, 0.717) is 12.1 Å². The third-order valence-electron chi connectivity index (χ3n) is 5.57. The quantitative estimate of drug-likeness (QED) is 0.296. The second-order valence-corrected chi connectivity index (χ2v) is 7.59. The maximum Gasteiger partial charge on any atom is 0.123 e. The molecule has 0 fully saturated rings. The third-order valence-corrected chi connectivity index (χ3v) is 5.57. The van der Waals surface area contributed by atoms with Gasteiger partial charge in [-0.3, -0.25) is 0 Å². The minimum absolute atomic E-state index is 0.237. The number of hydrogen-bond donors (Lipinski definition) is 0. The predicted molar refractivity (Wildman–Crippen MR) is 125 cm³/mol. The van der Waals surface area contributed by atoms with E-state index in [1.165, 1.54) is 12.1 Å². The monoisotopic (exact) mass is 402 g/mol. The Kier molecular flexibility index (Phi) is 4.82. The molecular formula is C28H19FN2. The van der Waals surface area contributed by atoms with Gasteiger partial charge in [-0.15, -0.1) is 0 Å². The zero-order valence-electron chi connectivity index (χ0n) is 16.8. The van der Waals surface area contributed by atoms with Gasteiger partial charge in [0.25, 0.3) is 0 Å². The largest absolute Gasteiger partial charge is 0.342 e. The summed E-state index contributed by atoms with van der Waals surface area (Å²) in [6.07, 6.45) is 4.01. The van der Waals surface area contributed by atoms with E-state index in [0.717, 1.165) is 38.4 Å². The van der Waals surface area contributed by atoms with Crippen molar-refractivity contribution in [2.45, 2.75) is 6.54 Å². The van der Waals surface area contributed by atoms with Gasteiger partial charge in [-0.05, 0) is 52.2 Å². The molecule has 148 valence electrons. The van der Waals surface area contributed by atoms with E-state index in [4.69, 9.17) is 0 Å². The fourth-order valence-corrected chi connectivity index (χ4v) is 4.00. The number of nitrogens with zero attached hydrogens (tertiary/aromatic N) is 2. The lowest BCUT2D eigenvalue weighted by Gasteiger charge is -2.05. The summed E-state index contributed by atoms with van der Waals surface area (Å²) in [6.45, 7) is 0.631. The summed E-state index contributed by atoms with van der Waals surface area (Å²) in [5.74, 6) is -0.237. The van der Waals surface area contributed by atoms with Gasteiger partial charge in [-0.1, -0.05) is 66.7 Å². The van der Waals surface area contributed by atoms with Gasteiger partial charge >= 0.3 is 0 Å². The van der Waals surface area contributed by atoms with Gasteiger partial charge in [0, 0.05) is 29.2 Å². The molecule has 1 aromatic heterocycles. The summed E-state index contributed by atoms with van der Waals surface area (Å²) >= 11 is 0. The van der Waals surface area contributed by atoms with E-state index in [1.807, 2.05) is 42.5 Å². The number of nitriles is 1. The smallest absolute Gasteiger partial charge is 0.123 e. The average molecular weight is 402 g/mol. The normalized spacial score (nSPS) is 11.7. The molecule has 0 aliphatic carbocycles. The first-order valence-electron chi connectivity index (χ1n) is 10.1. The lowest BCUT2D eigenvalue weighted by Crippen LogP contribution is -1.97. The lowest BCUT2D eigenvalue weighted by atomic mass is 10.00. The number of halogens is 1. The highest BCUT2D eigenvalue weighted by Gasteiger charge is 2.10. The zero-order chi connectivity index (χ0) is 21.2. The molecule has 1 heterocycles. The second kappa shape index (κ2) is 7.93. The van der Waals surface area contributed by atoms with Crippen LogP contribution in [0.5, 0.6) is 0 Å². The van der Waals surface area contributed by atoms with Crippen LogP contribution in [0.4, 0.5) is 4.39 Å². The molecule has 0 radical (unpaired) electrons. The standard InChI is InChI=1S/C28H19FN2/c29-26-13-9-20(10-14-26)18-31-19-25(27-7-3-4-8-28(27)31)16-24(17-30)23-12-11-21-5-1-2-6-22(21)15-23/h1-16,19H,18H2. The van der Waals surface area contributed by atoms with E-state index in [-0.39, 0.29) is 5.82 Å². The van der Waals surface area contributed by atoms with Crippen molar-refractivity contribution in [2.24, 2.45) is 0 Å². The summed E-state index contributed by atoms with van der Waals surface area (Å²) in [6, 6.07) is 31.3. The second-order valence-electron chi connectivity index (χ2n) is 7.59. The van der Waals surface area contributed by atoms with Gasteiger partial charge < -0.3 is 4.57 Å². The van der Waals surface area contributed by atoms with Gasteiger partial charge in [0.05, 0.1) is 11.6 Å². The van der Waals surface area contributed by atoms with Crippen LogP contribution in [0.15, 0.2) is 97.2 Å². The Labute approximate surface area is 180 Å². The van der Waals surface area contributed by atoms with E-state index < -0.39 is 0 Å². The average Bonchev–Trinajstić information content (AvgIpc) is 3.16. The highest BCUT2D eigenvalue weighted by atomic mass is 19.1. The predicted octanol–water partition coefficient (Wildman–Crippen LogP) is 7.05. The Morgan fingerprint density at radius 2 is 1.61 bits per heavy atom. The van der Waals surface area contributed by atoms with Crippen molar-refractivity contribution < 1.29 is 4.39 Å². The van der Waals surface area contributed by atoms with Crippen LogP contribution >= 0.6 is 0 Å². The summed E-state index contributed by atoms with van der Waals surface area (Å²) < 4.78 is 15.4. The van der Waals surface area contributed by atoms with Gasteiger partial charge in [0.2, 0.25) is 0 Å². The number of para-hydroxylation sites is 1. The molecule has 0 amide bonds. The summed E-state index contributed by atoms with van der Waals surface area (Å²) in [7, 11) is 0. The van der Waals surface area contributed by atoms with Crippen molar-refractivity contribution in [1.82, 2.24) is 4.57 Å². The van der Waals surface area contributed by atoms with Crippen molar-refractivity contribution in [3.8, 4) is 6.07 Å². The molecule has 4 aromatic carbocycles. The summed E-state index contributed by atoms with van der Waals surface area (Å²) in [5, 5.41) is 13.2. The molecule has 0 N–H and O–H groups in total. The molecule has 0 aliphatic rings. The molecule has 0 unspecified atom stereocenters. The van der Waals surface area contributed by atoms with E-state index in [9.17, 15) is 9.65 Å². The Morgan fingerprint density at radius 1 is 0.871 bits per heavy atom. The molecule has 5 aromatic rings. The molecule has 0 spiro atoms. The van der Waals surface area contributed by atoms with Crippen LogP contribution in [0, 0.1) is 17.1 Å². The number of fused-ring (bicyclic) bond motifs is 2. The van der Waals surface area contributed by atoms with Crippen LogP contribution in [0.2, 0.25) is 0 Å². The molecule has 3 heteroatoms. The zero-order valence-corrected chi connectivity index (χ0v) is 16.8. The number of benzene rings is 4. The minimum Gasteiger partial charge on any atom is -0.342 e. The molecule has 31 heavy (non-hydrogen) atoms. The number of hydrogen-bond acceptors (Lipinski definition) is 1. The van der Waals surface area contributed by atoms with Crippen LogP contribution in [-0.4, -0.2) is 4.57 Å². The highest BCUT2D eigenvalue weighted by Crippen LogP contribution is 2.28. The first-order valence-corrected chi connectivity index (χ1v) is 10.1. The van der Waals surface area contributed by atoms with E-state index in [2.05, 4.69) is 47.2 Å². The van der Waals surface area contributed by atoms with Crippen LogP contribution in [-0.2, 0) is 6.54 Å². The third kappa shape index (κ3) is 3.72. The van der Waals surface area contributed by atoms with Crippen LogP contribution in [0.25, 0.3) is 33.3 Å². The van der Waals surface area contributed by atoms with Crippen molar-refractivity contribution in [3.63, 3.8) is 0 Å². The minimum atomic E-state index is -0.237. The maximum atomic E-state index is 13.3. The summed E-state index contributed by atoms with van der Waals surface area (Å²) in [4.78, 5) is 0. The fraction of sp³-hybridized carbons (Fsp3) is 0.0357. The van der Waals surface area contributed by atoms with Crippen molar-refractivity contribution >= 4 is 33.3 Å². The molecular weight excluding hydrogens is 383 g/mol. The Hall–Kier alpha value is -4.16. The van der Waals surface area contributed by atoms with Crippen LogP contribution in [0.3, 0.4) is 0 Å². The fourth-order valence-electron chi connectivity index (χ4n) is 4.00. The maximum absolute atomic E-state index is 13.3. The molecule has 0 bridgehead atoms. The van der Waals surface area contributed by atoms with Gasteiger partial charge in [0.15, 0.2) is 0 Å². The van der Waals surface area contributed by atoms with E-state index >= 15 is 0 Å². The SMILES string of the molecule is N#CC(=Cc1cn(Cc2ccc(F)cc2)c2ccccc12)c1ccc2ccccc2c1. The number of rotatable bonds is 4. The Bertz CT molecular complexity index is 1470. The van der Waals surface area contributed by atoms with Gasteiger partial charge in [0.1, 0.15) is 5.82 Å². The first-order chi connectivity index (χ1) is 15.2. The molecule has 5 rings (SSSR count). The van der Waals surface area contributed by atoms with Gasteiger partial charge in [-0.2, -0.15) is 5.26 Å². The van der Waals surface area contributed by atoms with Crippen molar-refractivity contribution in [3.05, 3.63) is 120 Å². The molecule has 0 saturated carbocycles. The topological polar surface area (TPSA) is 28.7 Å². The molecule has 2 nitrogen and oxygen atoms in total. The Balaban J connectivity index is 1.59. The number of aromatic nitrogens is 1. The van der Waals surface area contributed by atoms with Gasteiger partial charge in [-0.25, -0.2) is 4.39 Å². The highest BCUT2D eigenvalue weighted by molar-refractivity contribution is 5.99. The van der Waals surface area contributed by atoms with Crippen molar-refractivity contribution in [1.29, 1.82) is 5.26 Å². The lowest BCUT2D eigenvalue weighted by molar-refractivity contribution is 0.626. The Morgan fingerprint density at radius 3 is 2.42 bits per heavy atom. The molecule has 0 aliphatic heterocycles. The molecule has 0 saturated heterocycles.